The van der Waals surface area contributed by atoms with Crippen LogP contribution in [0.1, 0.15) is 40.3 Å². The average molecular weight is 291 g/mol. The second kappa shape index (κ2) is 5.95. The van der Waals surface area contributed by atoms with Gasteiger partial charge < -0.3 is 10.1 Å². The summed E-state index contributed by atoms with van der Waals surface area (Å²) in [6.07, 6.45) is 0. The molecule has 1 atom stereocenters. The smallest absolute Gasteiger partial charge is 0.255 e. The van der Waals surface area contributed by atoms with Gasteiger partial charge in [-0.2, -0.15) is 5.10 Å². The van der Waals surface area contributed by atoms with Gasteiger partial charge in [0.15, 0.2) is 11.6 Å². The molecule has 0 spiro atoms. The molecule has 21 heavy (non-hydrogen) atoms. The Labute approximate surface area is 122 Å². The van der Waals surface area contributed by atoms with E-state index in [1.54, 1.807) is 32.9 Å². The number of rotatable bonds is 4. The third kappa shape index (κ3) is 3.04. The molecule has 1 unspecified atom stereocenters. The number of aromatic amines is 1. The summed E-state index contributed by atoms with van der Waals surface area (Å²) in [5.74, 6) is -0.506. The van der Waals surface area contributed by atoms with Gasteiger partial charge in [0.1, 0.15) is 0 Å². The Balaban J connectivity index is 2.16. The van der Waals surface area contributed by atoms with Crippen LogP contribution in [0, 0.1) is 19.7 Å². The largest absolute Gasteiger partial charge is 0.494 e. The van der Waals surface area contributed by atoms with Crippen molar-refractivity contribution in [2.45, 2.75) is 26.8 Å². The van der Waals surface area contributed by atoms with Crippen molar-refractivity contribution in [2.75, 3.05) is 7.11 Å². The van der Waals surface area contributed by atoms with E-state index in [9.17, 15) is 9.18 Å². The predicted octanol–water partition coefficient (Wildman–Crippen LogP) is 2.67. The minimum atomic E-state index is -0.452. The molecular formula is C15H18FN3O2. The van der Waals surface area contributed by atoms with Crippen LogP contribution < -0.4 is 10.1 Å². The monoisotopic (exact) mass is 291 g/mol. The molecule has 0 saturated heterocycles. The van der Waals surface area contributed by atoms with Crippen LogP contribution in [0.5, 0.6) is 5.75 Å². The van der Waals surface area contributed by atoms with Crippen LogP contribution in [-0.2, 0) is 0 Å². The van der Waals surface area contributed by atoms with E-state index in [0.29, 0.717) is 22.5 Å². The highest BCUT2D eigenvalue weighted by molar-refractivity contribution is 5.96. The molecule has 0 saturated carbocycles. The van der Waals surface area contributed by atoms with E-state index < -0.39 is 5.82 Å². The lowest BCUT2D eigenvalue weighted by molar-refractivity contribution is 0.0938. The number of methoxy groups -OCH3 is 1. The van der Waals surface area contributed by atoms with Crippen molar-refractivity contribution in [3.05, 3.63) is 46.5 Å². The molecule has 1 aromatic heterocycles. The molecular weight excluding hydrogens is 273 g/mol. The molecule has 2 rings (SSSR count). The molecule has 6 heteroatoms. The standard InChI is InChI=1S/C15H18FN3O2/c1-8(11-5-6-13(21-4)12(16)7-11)17-15(20)14-9(2)18-19-10(14)3/h5-8H,1-4H3,(H,17,20)(H,18,19). The molecule has 0 aliphatic heterocycles. The lowest BCUT2D eigenvalue weighted by Crippen LogP contribution is -2.27. The van der Waals surface area contributed by atoms with Gasteiger partial charge in [-0.15, -0.1) is 0 Å². The van der Waals surface area contributed by atoms with E-state index in [2.05, 4.69) is 15.5 Å². The zero-order valence-corrected chi connectivity index (χ0v) is 12.5. The van der Waals surface area contributed by atoms with Crippen molar-refractivity contribution in [2.24, 2.45) is 0 Å². The Bertz CT molecular complexity index is 647. The van der Waals surface area contributed by atoms with E-state index in [1.807, 2.05) is 0 Å². The van der Waals surface area contributed by atoms with Crippen molar-refractivity contribution in [3.8, 4) is 5.75 Å². The van der Waals surface area contributed by atoms with Crippen molar-refractivity contribution >= 4 is 5.91 Å². The Morgan fingerprint density at radius 3 is 2.67 bits per heavy atom. The molecule has 0 aliphatic rings. The second-order valence-electron chi connectivity index (χ2n) is 4.90. The second-order valence-corrected chi connectivity index (χ2v) is 4.90. The number of H-pyrrole nitrogens is 1. The number of halogens is 1. The van der Waals surface area contributed by atoms with Gasteiger partial charge in [-0.05, 0) is 38.5 Å². The van der Waals surface area contributed by atoms with Gasteiger partial charge in [0, 0.05) is 5.69 Å². The Hall–Kier alpha value is -2.37. The van der Waals surface area contributed by atoms with Gasteiger partial charge in [0.25, 0.3) is 5.91 Å². The number of nitrogens with zero attached hydrogens (tertiary/aromatic N) is 1. The number of nitrogens with one attached hydrogen (secondary N) is 2. The maximum absolute atomic E-state index is 13.7. The minimum absolute atomic E-state index is 0.179. The van der Waals surface area contributed by atoms with Crippen LogP contribution in [0.4, 0.5) is 4.39 Å². The topological polar surface area (TPSA) is 67.0 Å². The van der Waals surface area contributed by atoms with E-state index in [1.165, 1.54) is 13.2 Å². The van der Waals surface area contributed by atoms with Gasteiger partial charge in [-0.25, -0.2) is 4.39 Å². The lowest BCUT2D eigenvalue weighted by atomic mass is 10.1. The molecule has 2 N–H and O–H groups in total. The summed E-state index contributed by atoms with van der Waals surface area (Å²) >= 11 is 0. The number of aromatic nitrogens is 2. The number of ether oxygens (including phenoxy) is 1. The van der Waals surface area contributed by atoms with Crippen molar-refractivity contribution in [3.63, 3.8) is 0 Å². The van der Waals surface area contributed by atoms with E-state index in [4.69, 9.17) is 4.74 Å². The zero-order valence-electron chi connectivity index (χ0n) is 12.5. The molecule has 1 aromatic carbocycles. The normalized spacial score (nSPS) is 12.0. The van der Waals surface area contributed by atoms with Gasteiger partial charge in [0.05, 0.1) is 24.4 Å². The summed E-state index contributed by atoms with van der Waals surface area (Å²) in [6, 6.07) is 4.30. The maximum Gasteiger partial charge on any atom is 0.255 e. The highest BCUT2D eigenvalue weighted by Gasteiger charge is 2.18. The molecule has 5 nitrogen and oxygen atoms in total. The third-order valence-corrected chi connectivity index (χ3v) is 3.38. The van der Waals surface area contributed by atoms with Gasteiger partial charge >= 0.3 is 0 Å². The van der Waals surface area contributed by atoms with Crippen LogP contribution >= 0.6 is 0 Å². The van der Waals surface area contributed by atoms with Crippen LogP contribution in [0.3, 0.4) is 0 Å². The predicted molar refractivity (Wildman–Crippen MR) is 76.9 cm³/mol. The Kier molecular flexibility index (Phi) is 4.26. The number of aryl methyl sites for hydroxylation is 2. The van der Waals surface area contributed by atoms with E-state index in [0.717, 1.165) is 0 Å². The van der Waals surface area contributed by atoms with E-state index >= 15 is 0 Å². The first-order chi connectivity index (χ1) is 9.93. The number of hydrogen-bond donors (Lipinski definition) is 2. The summed E-state index contributed by atoms with van der Waals surface area (Å²) in [7, 11) is 1.41. The fourth-order valence-electron chi connectivity index (χ4n) is 2.19. The molecule has 0 radical (unpaired) electrons. The summed E-state index contributed by atoms with van der Waals surface area (Å²) in [5.41, 5.74) is 2.53. The van der Waals surface area contributed by atoms with Crippen LogP contribution in [0.25, 0.3) is 0 Å². The number of benzene rings is 1. The zero-order chi connectivity index (χ0) is 15.6. The first kappa shape index (κ1) is 15.0. The maximum atomic E-state index is 13.7. The summed E-state index contributed by atoms with van der Waals surface area (Å²) < 4.78 is 18.6. The van der Waals surface area contributed by atoms with E-state index in [-0.39, 0.29) is 17.7 Å². The molecule has 1 heterocycles. The molecule has 112 valence electrons. The van der Waals surface area contributed by atoms with Gasteiger partial charge in [-0.3, -0.25) is 9.89 Å². The van der Waals surface area contributed by atoms with Crippen molar-refractivity contribution < 1.29 is 13.9 Å². The fourth-order valence-corrected chi connectivity index (χ4v) is 2.19. The first-order valence-corrected chi connectivity index (χ1v) is 6.60. The average Bonchev–Trinajstić information content (AvgIpc) is 2.77. The lowest BCUT2D eigenvalue weighted by Gasteiger charge is -2.15. The van der Waals surface area contributed by atoms with Gasteiger partial charge in [-0.1, -0.05) is 6.07 Å². The SMILES string of the molecule is COc1ccc(C(C)NC(=O)c2c(C)n[nH]c2C)cc1F. The highest BCUT2D eigenvalue weighted by Crippen LogP contribution is 2.22. The number of carbonyl (C=O) groups excluding carboxylic acids is 1. The Morgan fingerprint density at radius 1 is 1.43 bits per heavy atom. The molecule has 0 bridgehead atoms. The molecule has 1 amide bonds. The summed E-state index contributed by atoms with van der Waals surface area (Å²) in [5, 5.41) is 9.60. The van der Waals surface area contributed by atoms with Crippen molar-refractivity contribution in [1.29, 1.82) is 0 Å². The minimum Gasteiger partial charge on any atom is -0.494 e. The fraction of sp³-hybridized carbons (Fsp3) is 0.333. The highest BCUT2D eigenvalue weighted by atomic mass is 19.1. The Morgan fingerprint density at radius 2 is 2.14 bits per heavy atom. The molecule has 0 fully saturated rings. The van der Waals surface area contributed by atoms with Crippen LogP contribution in [0.15, 0.2) is 18.2 Å². The molecule has 2 aromatic rings. The summed E-state index contributed by atoms with van der Waals surface area (Å²) in [6.45, 7) is 5.34. The molecule has 0 aliphatic carbocycles. The van der Waals surface area contributed by atoms with Crippen molar-refractivity contribution in [1.82, 2.24) is 15.5 Å². The first-order valence-electron chi connectivity index (χ1n) is 6.60. The van der Waals surface area contributed by atoms with Crippen LogP contribution in [0.2, 0.25) is 0 Å². The quantitative estimate of drug-likeness (QED) is 0.910. The third-order valence-electron chi connectivity index (χ3n) is 3.38. The summed E-state index contributed by atoms with van der Waals surface area (Å²) in [4.78, 5) is 12.2. The number of hydrogen-bond acceptors (Lipinski definition) is 3. The number of carbonyl (C=O) groups is 1. The van der Waals surface area contributed by atoms with Crippen LogP contribution in [-0.4, -0.2) is 23.2 Å². The van der Waals surface area contributed by atoms with Gasteiger partial charge in [0.2, 0.25) is 0 Å². The number of amides is 1.